The predicted molar refractivity (Wildman–Crippen MR) is 92.9 cm³/mol. The third-order valence-electron chi connectivity index (χ3n) is 4.34. The molecule has 0 bridgehead atoms. The first-order valence-electron chi connectivity index (χ1n) is 8.47. The normalized spacial score (nSPS) is 18.2. The minimum Gasteiger partial charge on any atom is -0.348 e. The fraction of sp³-hybridized carbons (Fsp3) is 0.353. The lowest BCUT2D eigenvalue weighted by Gasteiger charge is -2.34. The second kappa shape index (κ2) is 7.35. The fourth-order valence-electron chi connectivity index (χ4n) is 3.19. The molecule has 0 aliphatic carbocycles. The summed E-state index contributed by atoms with van der Waals surface area (Å²) < 4.78 is 0. The SMILES string of the molecule is c1cnc(Nc2nccc([C@@H]3CCCCN3Cc3ncc[nH]3)n2)cn1. The van der Waals surface area contributed by atoms with Gasteiger partial charge in [0.1, 0.15) is 5.82 Å². The van der Waals surface area contributed by atoms with E-state index < -0.39 is 0 Å². The molecule has 1 saturated heterocycles. The van der Waals surface area contributed by atoms with Crippen LogP contribution in [0.5, 0.6) is 0 Å². The van der Waals surface area contributed by atoms with Gasteiger partial charge in [0.05, 0.1) is 24.5 Å². The lowest BCUT2D eigenvalue weighted by molar-refractivity contribution is 0.134. The second-order valence-corrected chi connectivity index (χ2v) is 6.04. The molecule has 0 aromatic carbocycles. The summed E-state index contributed by atoms with van der Waals surface area (Å²) in [6.45, 7) is 1.84. The highest BCUT2D eigenvalue weighted by Crippen LogP contribution is 2.31. The molecule has 8 heteroatoms. The molecule has 3 aromatic heterocycles. The lowest BCUT2D eigenvalue weighted by atomic mass is 9.99. The first kappa shape index (κ1) is 15.6. The van der Waals surface area contributed by atoms with Crippen LogP contribution in [0.25, 0.3) is 0 Å². The first-order chi connectivity index (χ1) is 12.4. The molecule has 1 aliphatic heterocycles. The van der Waals surface area contributed by atoms with Crippen molar-refractivity contribution in [2.24, 2.45) is 0 Å². The lowest BCUT2D eigenvalue weighted by Crippen LogP contribution is -2.33. The summed E-state index contributed by atoms with van der Waals surface area (Å²) in [4.78, 5) is 27.2. The van der Waals surface area contributed by atoms with Crippen molar-refractivity contribution in [2.45, 2.75) is 31.8 Å². The minimum absolute atomic E-state index is 0.268. The zero-order chi connectivity index (χ0) is 16.9. The highest BCUT2D eigenvalue weighted by atomic mass is 15.2. The van der Waals surface area contributed by atoms with E-state index in [1.807, 2.05) is 12.3 Å². The zero-order valence-corrected chi connectivity index (χ0v) is 13.8. The molecule has 8 nitrogen and oxygen atoms in total. The standard InChI is InChI=1S/C17H20N8/c1-2-10-25(12-16-20-8-9-21-16)14(3-1)13-4-5-22-17(23-13)24-15-11-18-6-7-19-15/h4-9,11,14H,1-3,10,12H2,(H,20,21)(H,19,22,23,24)/t14-/m0/s1. The van der Waals surface area contributed by atoms with Crippen molar-refractivity contribution in [2.75, 3.05) is 11.9 Å². The van der Waals surface area contributed by atoms with E-state index in [1.165, 1.54) is 12.8 Å². The van der Waals surface area contributed by atoms with Crippen LogP contribution < -0.4 is 5.32 Å². The number of nitrogens with one attached hydrogen (secondary N) is 2. The van der Waals surface area contributed by atoms with E-state index in [1.54, 1.807) is 31.0 Å². The number of rotatable bonds is 5. The Morgan fingerprint density at radius 2 is 2.12 bits per heavy atom. The molecule has 4 rings (SSSR count). The van der Waals surface area contributed by atoms with Crippen molar-refractivity contribution in [3.63, 3.8) is 0 Å². The van der Waals surface area contributed by atoms with Crippen molar-refractivity contribution in [3.05, 3.63) is 54.8 Å². The topological polar surface area (TPSA) is 95.5 Å². The van der Waals surface area contributed by atoms with Gasteiger partial charge in [0.25, 0.3) is 0 Å². The Hall–Kier alpha value is -2.87. The maximum Gasteiger partial charge on any atom is 0.228 e. The summed E-state index contributed by atoms with van der Waals surface area (Å²) in [5, 5.41) is 3.11. The van der Waals surface area contributed by atoms with E-state index in [-0.39, 0.29) is 6.04 Å². The van der Waals surface area contributed by atoms with Crippen LogP contribution in [-0.4, -0.2) is 41.3 Å². The molecule has 128 valence electrons. The zero-order valence-electron chi connectivity index (χ0n) is 13.8. The molecule has 0 unspecified atom stereocenters. The third kappa shape index (κ3) is 3.80. The Morgan fingerprint density at radius 1 is 1.12 bits per heavy atom. The molecule has 0 radical (unpaired) electrons. The summed E-state index contributed by atoms with van der Waals surface area (Å²) in [6, 6.07) is 2.26. The fourth-order valence-corrected chi connectivity index (χ4v) is 3.19. The molecule has 2 N–H and O–H groups in total. The van der Waals surface area contributed by atoms with Crippen LogP contribution in [0.3, 0.4) is 0 Å². The van der Waals surface area contributed by atoms with Crippen LogP contribution in [0, 0.1) is 0 Å². The second-order valence-electron chi connectivity index (χ2n) is 6.04. The maximum atomic E-state index is 4.71. The Kier molecular flexibility index (Phi) is 4.60. The summed E-state index contributed by atoms with van der Waals surface area (Å²) in [5.41, 5.74) is 1.02. The first-order valence-corrected chi connectivity index (χ1v) is 8.47. The van der Waals surface area contributed by atoms with Gasteiger partial charge in [0.2, 0.25) is 5.95 Å². The van der Waals surface area contributed by atoms with Crippen molar-refractivity contribution in [3.8, 4) is 0 Å². The van der Waals surface area contributed by atoms with Crippen LogP contribution in [0.2, 0.25) is 0 Å². The number of hydrogen-bond acceptors (Lipinski definition) is 7. The van der Waals surface area contributed by atoms with Gasteiger partial charge in [0.15, 0.2) is 5.82 Å². The Balaban J connectivity index is 1.53. The van der Waals surface area contributed by atoms with E-state index in [0.29, 0.717) is 11.8 Å². The summed E-state index contributed by atoms with van der Waals surface area (Å²) in [5.74, 6) is 2.16. The van der Waals surface area contributed by atoms with Gasteiger partial charge in [0, 0.05) is 31.0 Å². The van der Waals surface area contributed by atoms with E-state index >= 15 is 0 Å². The number of imidazole rings is 1. The largest absolute Gasteiger partial charge is 0.348 e. The number of aromatic amines is 1. The van der Waals surface area contributed by atoms with Crippen LogP contribution in [0.1, 0.15) is 36.8 Å². The quantitative estimate of drug-likeness (QED) is 0.739. The van der Waals surface area contributed by atoms with Gasteiger partial charge in [-0.1, -0.05) is 6.42 Å². The molecular weight excluding hydrogens is 316 g/mol. The average molecular weight is 336 g/mol. The molecule has 25 heavy (non-hydrogen) atoms. The van der Waals surface area contributed by atoms with E-state index in [4.69, 9.17) is 4.98 Å². The van der Waals surface area contributed by atoms with Crippen molar-refractivity contribution < 1.29 is 0 Å². The molecule has 0 saturated carbocycles. The molecule has 0 spiro atoms. The smallest absolute Gasteiger partial charge is 0.228 e. The number of anilines is 2. The van der Waals surface area contributed by atoms with Gasteiger partial charge >= 0.3 is 0 Å². The number of piperidine rings is 1. The van der Waals surface area contributed by atoms with Crippen LogP contribution in [0.4, 0.5) is 11.8 Å². The van der Waals surface area contributed by atoms with Crippen LogP contribution in [-0.2, 0) is 6.54 Å². The van der Waals surface area contributed by atoms with Gasteiger partial charge in [-0.2, -0.15) is 0 Å². The number of likely N-dealkylation sites (tertiary alicyclic amines) is 1. The average Bonchev–Trinajstić information content (AvgIpc) is 3.16. The summed E-state index contributed by atoms with van der Waals surface area (Å²) in [7, 11) is 0. The number of aromatic nitrogens is 6. The van der Waals surface area contributed by atoms with Gasteiger partial charge in [-0.05, 0) is 25.5 Å². The molecule has 0 amide bonds. The molecule has 1 fully saturated rings. The third-order valence-corrected chi connectivity index (χ3v) is 4.34. The van der Waals surface area contributed by atoms with E-state index in [9.17, 15) is 0 Å². The Bertz CT molecular complexity index is 789. The van der Waals surface area contributed by atoms with Crippen molar-refractivity contribution in [1.82, 2.24) is 34.8 Å². The van der Waals surface area contributed by atoms with Crippen LogP contribution in [0.15, 0.2) is 43.2 Å². The Morgan fingerprint density at radius 3 is 2.96 bits per heavy atom. The monoisotopic (exact) mass is 336 g/mol. The molecule has 4 heterocycles. The number of H-pyrrole nitrogens is 1. The predicted octanol–water partition coefficient (Wildman–Crippen LogP) is 2.46. The molecule has 1 atom stereocenters. The highest BCUT2D eigenvalue weighted by molar-refractivity contribution is 5.45. The molecule has 3 aromatic rings. The highest BCUT2D eigenvalue weighted by Gasteiger charge is 2.26. The van der Waals surface area contributed by atoms with E-state index in [0.717, 1.165) is 31.0 Å². The summed E-state index contributed by atoms with van der Waals surface area (Å²) >= 11 is 0. The van der Waals surface area contributed by atoms with Gasteiger partial charge in [-0.3, -0.25) is 9.88 Å². The van der Waals surface area contributed by atoms with Gasteiger partial charge < -0.3 is 10.3 Å². The van der Waals surface area contributed by atoms with Gasteiger partial charge in [-0.15, -0.1) is 0 Å². The van der Waals surface area contributed by atoms with E-state index in [2.05, 4.69) is 35.1 Å². The van der Waals surface area contributed by atoms with Crippen LogP contribution >= 0.6 is 0 Å². The minimum atomic E-state index is 0.268. The molecular formula is C17H20N8. The Labute approximate surface area is 145 Å². The van der Waals surface area contributed by atoms with Crippen molar-refractivity contribution >= 4 is 11.8 Å². The number of nitrogens with zero attached hydrogens (tertiary/aromatic N) is 6. The van der Waals surface area contributed by atoms with Gasteiger partial charge in [-0.25, -0.2) is 19.9 Å². The number of hydrogen-bond donors (Lipinski definition) is 2. The summed E-state index contributed by atoms with van der Waals surface area (Å²) in [6.07, 6.45) is 13.9. The molecule has 1 aliphatic rings. The van der Waals surface area contributed by atoms with Crippen molar-refractivity contribution in [1.29, 1.82) is 0 Å². The maximum absolute atomic E-state index is 4.71.